The lowest BCUT2D eigenvalue weighted by Gasteiger charge is -2.33. The number of benzene rings is 1. The van der Waals surface area contributed by atoms with Crippen LogP contribution >= 0.6 is 0 Å². The van der Waals surface area contributed by atoms with Crippen LogP contribution in [-0.2, 0) is 16.4 Å². The molecule has 2 aromatic rings. The molecule has 27 heavy (non-hydrogen) atoms. The standard InChI is InChI=1S/C17H19N3O6S/c1-2-14-15(18-11-26-14)16(21)19-7-9-20(10-8-19)27(24,25)13-5-3-12(4-6-13)17(22)23/h3-6,11H,2,7-10H2,1H3,(H,22,23). The summed E-state index contributed by atoms with van der Waals surface area (Å²) < 4.78 is 31.9. The number of aromatic nitrogens is 1. The summed E-state index contributed by atoms with van der Waals surface area (Å²) in [6.45, 7) is 2.63. The zero-order valence-electron chi connectivity index (χ0n) is 14.7. The molecule has 0 unspecified atom stereocenters. The van der Waals surface area contributed by atoms with Crippen LogP contribution in [0.5, 0.6) is 0 Å². The average molecular weight is 393 g/mol. The van der Waals surface area contributed by atoms with Gasteiger partial charge >= 0.3 is 5.97 Å². The van der Waals surface area contributed by atoms with Gasteiger partial charge in [-0.05, 0) is 24.3 Å². The average Bonchev–Trinajstić information content (AvgIpc) is 3.16. The normalized spacial score (nSPS) is 15.7. The quantitative estimate of drug-likeness (QED) is 0.807. The minimum Gasteiger partial charge on any atom is -0.478 e. The number of amides is 1. The number of aryl methyl sites for hydroxylation is 1. The van der Waals surface area contributed by atoms with Gasteiger partial charge < -0.3 is 14.4 Å². The summed E-state index contributed by atoms with van der Waals surface area (Å²) in [6, 6.07) is 5.07. The summed E-state index contributed by atoms with van der Waals surface area (Å²) >= 11 is 0. The van der Waals surface area contributed by atoms with Crippen LogP contribution in [0.15, 0.2) is 40.0 Å². The summed E-state index contributed by atoms with van der Waals surface area (Å²) in [6.07, 6.45) is 1.77. The van der Waals surface area contributed by atoms with Crippen molar-refractivity contribution in [2.45, 2.75) is 18.2 Å². The lowest BCUT2D eigenvalue weighted by atomic mass is 10.2. The molecule has 1 aliphatic heterocycles. The molecule has 144 valence electrons. The van der Waals surface area contributed by atoms with Gasteiger partial charge in [0.25, 0.3) is 5.91 Å². The molecule has 1 aromatic carbocycles. The smallest absolute Gasteiger partial charge is 0.335 e. The van der Waals surface area contributed by atoms with Crippen molar-refractivity contribution >= 4 is 21.9 Å². The number of carboxylic acids is 1. The van der Waals surface area contributed by atoms with Crippen molar-refractivity contribution in [2.24, 2.45) is 0 Å². The monoisotopic (exact) mass is 393 g/mol. The molecule has 1 aliphatic rings. The molecule has 0 bridgehead atoms. The van der Waals surface area contributed by atoms with Crippen LogP contribution in [0.25, 0.3) is 0 Å². The molecular formula is C17H19N3O6S. The minimum atomic E-state index is -3.75. The van der Waals surface area contributed by atoms with Crippen molar-refractivity contribution in [3.05, 3.63) is 47.7 Å². The van der Waals surface area contributed by atoms with E-state index < -0.39 is 16.0 Å². The first-order valence-corrected chi connectivity index (χ1v) is 9.83. The third kappa shape index (κ3) is 3.71. The second kappa shape index (κ2) is 7.49. The first kappa shape index (κ1) is 19.1. The molecule has 0 saturated carbocycles. The number of carbonyl (C=O) groups excluding carboxylic acids is 1. The van der Waals surface area contributed by atoms with Gasteiger partial charge in [-0.3, -0.25) is 4.79 Å². The number of sulfonamides is 1. The topological polar surface area (TPSA) is 121 Å². The van der Waals surface area contributed by atoms with Crippen LogP contribution < -0.4 is 0 Å². The number of hydrogen-bond donors (Lipinski definition) is 1. The fourth-order valence-electron chi connectivity index (χ4n) is 2.90. The lowest BCUT2D eigenvalue weighted by Crippen LogP contribution is -2.50. The summed E-state index contributed by atoms with van der Waals surface area (Å²) in [4.78, 5) is 29.0. The van der Waals surface area contributed by atoms with Crippen LogP contribution in [0.3, 0.4) is 0 Å². The highest BCUT2D eigenvalue weighted by molar-refractivity contribution is 7.89. The molecule has 0 radical (unpaired) electrons. The minimum absolute atomic E-state index is 0.0173. The zero-order chi connectivity index (χ0) is 19.6. The van der Waals surface area contributed by atoms with Gasteiger partial charge in [0.05, 0.1) is 10.5 Å². The Kier molecular flexibility index (Phi) is 5.29. The molecule has 1 saturated heterocycles. The highest BCUT2D eigenvalue weighted by Gasteiger charge is 2.32. The molecule has 1 fully saturated rings. The van der Waals surface area contributed by atoms with E-state index in [1.807, 2.05) is 6.92 Å². The predicted octanol–water partition coefficient (Wildman–Crippen LogP) is 1.08. The van der Waals surface area contributed by atoms with Gasteiger partial charge in [-0.1, -0.05) is 6.92 Å². The number of piperazine rings is 1. The Bertz CT molecular complexity index is 943. The number of nitrogens with zero attached hydrogens (tertiary/aromatic N) is 3. The van der Waals surface area contributed by atoms with Gasteiger partial charge in [-0.15, -0.1) is 0 Å². The van der Waals surface area contributed by atoms with E-state index >= 15 is 0 Å². The second-order valence-electron chi connectivity index (χ2n) is 6.00. The SMILES string of the molecule is CCc1ocnc1C(=O)N1CCN(S(=O)(=O)c2ccc(C(=O)O)cc2)CC1. The Morgan fingerprint density at radius 2 is 1.78 bits per heavy atom. The van der Waals surface area contributed by atoms with Crippen molar-refractivity contribution in [3.8, 4) is 0 Å². The van der Waals surface area contributed by atoms with E-state index in [0.717, 1.165) is 0 Å². The largest absolute Gasteiger partial charge is 0.478 e. The number of hydrogen-bond acceptors (Lipinski definition) is 6. The van der Waals surface area contributed by atoms with E-state index in [1.165, 1.54) is 35.0 Å². The molecule has 9 nitrogen and oxygen atoms in total. The Hall–Kier alpha value is -2.72. The Labute approximate surface area is 156 Å². The number of rotatable bonds is 5. The van der Waals surface area contributed by atoms with E-state index in [2.05, 4.69) is 4.98 Å². The summed E-state index contributed by atoms with van der Waals surface area (Å²) in [5, 5.41) is 8.91. The van der Waals surface area contributed by atoms with Crippen LogP contribution in [-0.4, -0.2) is 65.8 Å². The van der Waals surface area contributed by atoms with E-state index in [1.54, 1.807) is 4.90 Å². The maximum absolute atomic E-state index is 12.7. The molecule has 0 atom stereocenters. The summed E-state index contributed by atoms with van der Waals surface area (Å²) in [5.41, 5.74) is 0.279. The summed E-state index contributed by atoms with van der Waals surface area (Å²) in [5.74, 6) is -0.887. The Morgan fingerprint density at radius 1 is 1.15 bits per heavy atom. The molecule has 10 heteroatoms. The first-order chi connectivity index (χ1) is 12.8. The van der Waals surface area contributed by atoms with Gasteiger partial charge in [0.1, 0.15) is 5.76 Å². The molecule has 2 heterocycles. The van der Waals surface area contributed by atoms with Crippen LogP contribution in [0.1, 0.15) is 33.5 Å². The summed E-state index contributed by atoms with van der Waals surface area (Å²) in [7, 11) is -3.75. The zero-order valence-corrected chi connectivity index (χ0v) is 15.5. The van der Waals surface area contributed by atoms with Crippen LogP contribution in [0.4, 0.5) is 0 Å². The molecule has 1 amide bonds. The van der Waals surface area contributed by atoms with Gasteiger partial charge in [-0.25, -0.2) is 18.2 Å². The van der Waals surface area contributed by atoms with Gasteiger partial charge in [0.2, 0.25) is 10.0 Å². The van der Waals surface area contributed by atoms with Gasteiger partial charge in [0.15, 0.2) is 12.1 Å². The van der Waals surface area contributed by atoms with Gasteiger partial charge in [-0.2, -0.15) is 4.31 Å². The molecule has 3 rings (SSSR count). The number of carboxylic acid groups (broad SMARTS) is 1. The Balaban J connectivity index is 1.69. The van der Waals surface area contributed by atoms with Crippen LogP contribution in [0.2, 0.25) is 0 Å². The molecule has 0 aliphatic carbocycles. The molecule has 1 aromatic heterocycles. The first-order valence-electron chi connectivity index (χ1n) is 8.39. The predicted molar refractivity (Wildman–Crippen MR) is 93.9 cm³/mol. The van der Waals surface area contributed by atoms with Crippen molar-refractivity contribution in [2.75, 3.05) is 26.2 Å². The third-order valence-corrected chi connectivity index (χ3v) is 6.34. The van der Waals surface area contributed by atoms with Crippen molar-refractivity contribution in [1.82, 2.24) is 14.2 Å². The second-order valence-corrected chi connectivity index (χ2v) is 7.94. The number of carbonyl (C=O) groups is 2. The number of aromatic carboxylic acids is 1. The maximum Gasteiger partial charge on any atom is 0.335 e. The van der Waals surface area contributed by atoms with Gasteiger partial charge in [0, 0.05) is 32.6 Å². The number of oxazole rings is 1. The highest BCUT2D eigenvalue weighted by atomic mass is 32.2. The third-order valence-electron chi connectivity index (χ3n) is 4.43. The molecule has 0 spiro atoms. The van der Waals surface area contributed by atoms with Crippen molar-refractivity contribution in [1.29, 1.82) is 0 Å². The van der Waals surface area contributed by atoms with Crippen molar-refractivity contribution in [3.63, 3.8) is 0 Å². The molecule has 1 N–H and O–H groups in total. The van der Waals surface area contributed by atoms with Crippen LogP contribution in [0, 0.1) is 0 Å². The van der Waals surface area contributed by atoms with E-state index in [-0.39, 0.29) is 48.2 Å². The fourth-order valence-corrected chi connectivity index (χ4v) is 4.32. The van der Waals surface area contributed by atoms with E-state index in [4.69, 9.17) is 9.52 Å². The highest BCUT2D eigenvalue weighted by Crippen LogP contribution is 2.20. The fraction of sp³-hybridized carbons (Fsp3) is 0.353. The maximum atomic E-state index is 12.7. The van der Waals surface area contributed by atoms with E-state index in [0.29, 0.717) is 12.2 Å². The van der Waals surface area contributed by atoms with Crippen molar-refractivity contribution < 1.29 is 27.5 Å². The van der Waals surface area contributed by atoms with E-state index in [9.17, 15) is 18.0 Å². The Morgan fingerprint density at radius 3 is 2.33 bits per heavy atom. The lowest BCUT2D eigenvalue weighted by molar-refractivity contribution is 0.0685. The molecular weight excluding hydrogens is 374 g/mol.